The van der Waals surface area contributed by atoms with E-state index in [9.17, 15) is 4.79 Å². The zero-order valence-corrected chi connectivity index (χ0v) is 11.4. The number of carboxylic acids is 1. The minimum atomic E-state index is -0.903. The molecule has 2 N–H and O–H groups in total. The molecular formula is C10H14IN3O2. The second-order valence-corrected chi connectivity index (χ2v) is 4.91. The predicted octanol–water partition coefficient (Wildman–Crippen LogP) is 1.78. The Kier molecular flexibility index (Phi) is 4.91. The second kappa shape index (κ2) is 5.97. The third kappa shape index (κ3) is 3.92. The normalized spacial score (nSPS) is 10.5. The molecule has 0 bridgehead atoms. The zero-order valence-electron chi connectivity index (χ0n) is 9.20. The molecule has 0 saturated heterocycles. The van der Waals surface area contributed by atoms with E-state index >= 15 is 0 Å². The summed E-state index contributed by atoms with van der Waals surface area (Å²) in [6.07, 6.45) is 2.33. The molecule has 0 radical (unpaired) electrons. The smallest absolute Gasteiger partial charge is 0.322 e. The number of hydrogen-bond acceptors (Lipinski definition) is 4. The SMILES string of the molecule is CC(C)Cc1ncnc(NCC(=O)O)c1I. The Balaban J connectivity index is 2.81. The van der Waals surface area contributed by atoms with E-state index in [1.54, 1.807) is 0 Å². The summed E-state index contributed by atoms with van der Waals surface area (Å²) in [4.78, 5) is 18.7. The van der Waals surface area contributed by atoms with Crippen LogP contribution in [0.1, 0.15) is 19.5 Å². The molecule has 0 amide bonds. The van der Waals surface area contributed by atoms with Gasteiger partial charge in [-0.3, -0.25) is 4.79 Å². The number of carboxylic acid groups (broad SMARTS) is 1. The summed E-state index contributed by atoms with van der Waals surface area (Å²) in [6.45, 7) is 4.10. The van der Waals surface area contributed by atoms with Crippen molar-refractivity contribution < 1.29 is 9.90 Å². The van der Waals surface area contributed by atoms with E-state index in [1.165, 1.54) is 6.33 Å². The van der Waals surface area contributed by atoms with Crippen LogP contribution in [0.25, 0.3) is 0 Å². The fourth-order valence-electron chi connectivity index (χ4n) is 1.22. The molecule has 0 aliphatic heterocycles. The zero-order chi connectivity index (χ0) is 12.1. The van der Waals surface area contributed by atoms with Gasteiger partial charge in [-0.05, 0) is 34.9 Å². The number of hydrogen-bond donors (Lipinski definition) is 2. The predicted molar refractivity (Wildman–Crippen MR) is 69.4 cm³/mol. The van der Waals surface area contributed by atoms with Gasteiger partial charge in [-0.25, -0.2) is 9.97 Å². The molecule has 1 rings (SSSR count). The van der Waals surface area contributed by atoms with Crippen LogP contribution in [0.15, 0.2) is 6.33 Å². The minimum Gasteiger partial charge on any atom is -0.480 e. The van der Waals surface area contributed by atoms with Crippen LogP contribution in [0.3, 0.4) is 0 Å². The quantitative estimate of drug-likeness (QED) is 0.803. The highest BCUT2D eigenvalue weighted by Crippen LogP contribution is 2.19. The Bertz CT molecular complexity index is 382. The van der Waals surface area contributed by atoms with Gasteiger partial charge in [-0.2, -0.15) is 0 Å². The lowest BCUT2D eigenvalue weighted by atomic mass is 10.1. The fraction of sp³-hybridized carbons (Fsp3) is 0.500. The van der Waals surface area contributed by atoms with E-state index in [1.807, 2.05) is 0 Å². The molecule has 16 heavy (non-hydrogen) atoms. The first kappa shape index (κ1) is 13.1. The Hall–Kier alpha value is -0.920. The Morgan fingerprint density at radius 1 is 1.56 bits per heavy atom. The molecule has 0 spiro atoms. The van der Waals surface area contributed by atoms with Gasteiger partial charge in [-0.1, -0.05) is 13.8 Å². The lowest BCUT2D eigenvalue weighted by molar-refractivity contribution is -0.134. The van der Waals surface area contributed by atoms with E-state index in [-0.39, 0.29) is 6.54 Å². The van der Waals surface area contributed by atoms with Crippen molar-refractivity contribution in [3.63, 3.8) is 0 Å². The van der Waals surface area contributed by atoms with E-state index in [0.29, 0.717) is 11.7 Å². The number of carbonyl (C=O) groups is 1. The van der Waals surface area contributed by atoms with Crippen molar-refractivity contribution in [3.05, 3.63) is 15.6 Å². The fourth-order valence-corrected chi connectivity index (χ4v) is 1.91. The molecule has 0 saturated carbocycles. The molecule has 0 aliphatic carbocycles. The lowest BCUT2D eigenvalue weighted by Gasteiger charge is -2.10. The van der Waals surface area contributed by atoms with Crippen molar-refractivity contribution in [1.29, 1.82) is 0 Å². The van der Waals surface area contributed by atoms with E-state index in [0.717, 1.165) is 15.7 Å². The van der Waals surface area contributed by atoms with Gasteiger partial charge >= 0.3 is 5.97 Å². The molecule has 1 heterocycles. The molecule has 0 unspecified atom stereocenters. The van der Waals surface area contributed by atoms with Crippen LogP contribution in [0, 0.1) is 9.49 Å². The Morgan fingerprint density at radius 3 is 2.81 bits per heavy atom. The van der Waals surface area contributed by atoms with E-state index in [4.69, 9.17) is 5.11 Å². The van der Waals surface area contributed by atoms with E-state index < -0.39 is 5.97 Å². The second-order valence-electron chi connectivity index (χ2n) is 3.83. The summed E-state index contributed by atoms with van der Waals surface area (Å²) in [6, 6.07) is 0. The first-order valence-electron chi connectivity index (χ1n) is 4.95. The molecule has 1 aromatic heterocycles. The van der Waals surface area contributed by atoms with Crippen LogP contribution in [0.5, 0.6) is 0 Å². The Labute approximate surface area is 108 Å². The number of anilines is 1. The van der Waals surface area contributed by atoms with Crippen molar-refractivity contribution in [3.8, 4) is 0 Å². The van der Waals surface area contributed by atoms with Crippen LogP contribution in [-0.2, 0) is 11.2 Å². The number of nitrogens with one attached hydrogen (secondary N) is 1. The lowest BCUT2D eigenvalue weighted by Crippen LogP contribution is -2.15. The highest BCUT2D eigenvalue weighted by atomic mass is 127. The van der Waals surface area contributed by atoms with Crippen LogP contribution >= 0.6 is 22.6 Å². The third-order valence-electron chi connectivity index (χ3n) is 1.87. The number of aromatic nitrogens is 2. The van der Waals surface area contributed by atoms with Crippen LogP contribution < -0.4 is 5.32 Å². The summed E-state index contributed by atoms with van der Waals surface area (Å²) >= 11 is 2.14. The maximum Gasteiger partial charge on any atom is 0.322 e. The summed E-state index contributed by atoms with van der Waals surface area (Å²) < 4.78 is 0.898. The van der Waals surface area contributed by atoms with Crippen molar-refractivity contribution >= 4 is 34.4 Å². The number of rotatable bonds is 5. The van der Waals surface area contributed by atoms with Crippen LogP contribution in [0.2, 0.25) is 0 Å². The van der Waals surface area contributed by atoms with Gasteiger partial charge in [0, 0.05) is 0 Å². The van der Waals surface area contributed by atoms with Crippen molar-refractivity contribution in [2.24, 2.45) is 5.92 Å². The number of nitrogens with zero attached hydrogens (tertiary/aromatic N) is 2. The van der Waals surface area contributed by atoms with Crippen LogP contribution in [-0.4, -0.2) is 27.6 Å². The topological polar surface area (TPSA) is 75.1 Å². The molecule has 0 aromatic carbocycles. The van der Waals surface area contributed by atoms with Crippen molar-refractivity contribution in [2.75, 3.05) is 11.9 Å². The van der Waals surface area contributed by atoms with Crippen molar-refractivity contribution in [2.45, 2.75) is 20.3 Å². The average Bonchev–Trinajstić information content (AvgIpc) is 2.18. The molecule has 5 nitrogen and oxygen atoms in total. The largest absolute Gasteiger partial charge is 0.480 e. The molecule has 6 heteroatoms. The van der Waals surface area contributed by atoms with Gasteiger partial charge < -0.3 is 10.4 Å². The highest BCUT2D eigenvalue weighted by Gasteiger charge is 2.10. The number of aliphatic carboxylic acids is 1. The van der Waals surface area contributed by atoms with Crippen LogP contribution in [0.4, 0.5) is 5.82 Å². The van der Waals surface area contributed by atoms with Gasteiger partial charge in [-0.15, -0.1) is 0 Å². The first-order valence-corrected chi connectivity index (χ1v) is 6.03. The summed E-state index contributed by atoms with van der Waals surface area (Å²) in [7, 11) is 0. The van der Waals surface area contributed by atoms with Gasteiger partial charge in [0.25, 0.3) is 0 Å². The Morgan fingerprint density at radius 2 is 2.25 bits per heavy atom. The van der Waals surface area contributed by atoms with E-state index in [2.05, 4.69) is 51.7 Å². The summed E-state index contributed by atoms with van der Waals surface area (Å²) in [5, 5.41) is 11.3. The molecule has 0 aliphatic rings. The summed E-state index contributed by atoms with van der Waals surface area (Å²) in [5.74, 6) is 0.198. The molecule has 0 fully saturated rings. The number of halogens is 1. The minimum absolute atomic E-state index is 0.131. The van der Waals surface area contributed by atoms with Gasteiger partial charge in [0.05, 0.1) is 9.26 Å². The van der Waals surface area contributed by atoms with Gasteiger partial charge in [0.1, 0.15) is 18.7 Å². The van der Waals surface area contributed by atoms with Crippen molar-refractivity contribution in [1.82, 2.24) is 9.97 Å². The van der Waals surface area contributed by atoms with Gasteiger partial charge in [0.15, 0.2) is 0 Å². The summed E-state index contributed by atoms with van der Waals surface area (Å²) in [5.41, 5.74) is 0.957. The standard InChI is InChI=1S/C10H14IN3O2/c1-6(2)3-7-9(11)10(14-5-13-7)12-4-8(15)16/h5-6H,3-4H2,1-2H3,(H,15,16)(H,12,13,14). The maximum atomic E-state index is 10.4. The molecule has 88 valence electrons. The third-order valence-corrected chi connectivity index (χ3v) is 3.00. The molecule has 1 aromatic rings. The molecule has 0 atom stereocenters. The highest BCUT2D eigenvalue weighted by molar-refractivity contribution is 14.1. The maximum absolute atomic E-state index is 10.4. The monoisotopic (exact) mass is 335 g/mol. The average molecular weight is 335 g/mol. The first-order chi connectivity index (χ1) is 7.50. The van der Waals surface area contributed by atoms with Gasteiger partial charge in [0.2, 0.25) is 0 Å². The molecular weight excluding hydrogens is 321 g/mol.